The van der Waals surface area contributed by atoms with Crippen LogP contribution in [0.4, 0.5) is 0 Å². The molecule has 2 fully saturated rings. The van der Waals surface area contributed by atoms with Crippen molar-refractivity contribution in [3.05, 3.63) is 30.3 Å². The van der Waals surface area contributed by atoms with E-state index >= 15 is 0 Å². The molecule has 0 radical (unpaired) electrons. The van der Waals surface area contributed by atoms with E-state index < -0.39 is 0 Å². The van der Waals surface area contributed by atoms with E-state index in [1.807, 2.05) is 30.3 Å². The van der Waals surface area contributed by atoms with Crippen LogP contribution in [0.25, 0.3) is 0 Å². The number of para-hydroxylation sites is 1. The van der Waals surface area contributed by atoms with E-state index in [2.05, 4.69) is 10.2 Å². The first kappa shape index (κ1) is 16.8. The number of likely N-dealkylation sites (tertiary alicyclic amines) is 1. The molecule has 1 heterocycles. The van der Waals surface area contributed by atoms with Gasteiger partial charge in [0.05, 0.1) is 0 Å². The first-order chi connectivity index (χ1) is 11.4. The van der Waals surface area contributed by atoms with E-state index in [-0.39, 0.29) is 0 Å². The number of nitrogens with one attached hydrogen (secondary N) is 1. The van der Waals surface area contributed by atoms with Crippen LogP contribution in [0.3, 0.4) is 0 Å². The molecule has 2 aliphatic rings. The van der Waals surface area contributed by atoms with Gasteiger partial charge in [-0.3, -0.25) is 0 Å². The van der Waals surface area contributed by atoms with Crippen LogP contribution in [0.1, 0.15) is 38.5 Å². The van der Waals surface area contributed by atoms with Crippen molar-refractivity contribution in [3.8, 4) is 5.75 Å². The molecule has 0 amide bonds. The fraction of sp³-hybridized carbons (Fsp3) is 0.700. The molecule has 1 aromatic rings. The van der Waals surface area contributed by atoms with Crippen molar-refractivity contribution in [2.45, 2.75) is 38.5 Å². The van der Waals surface area contributed by atoms with Crippen molar-refractivity contribution < 1.29 is 4.74 Å². The molecular formula is C20H32N2O. The van der Waals surface area contributed by atoms with Gasteiger partial charge in [0.2, 0.25) is 0 Å². The molecule has 3 nitrogen and oxygen atoms in total. The number of piperidine rings is 1. The van der Waals surface area contributed by atoms with Crippen LogP contribution in [0, 0.1) is 11.8 Å². The van der Waals surface area contributed by atoms with Gasteiger partial charge in [-0.15, -0.1) is 0 Å². The number of hydrogen-bond donors (Lipinski definition) is 1. The maximum Gasteiger partial charge on any atom is 0.119 e. The van der Waals surface area contributed by atoms with Gasteiger partial charge in [-0.2, -0.15) is 0 Å². The van der Waals surface area contributed by atoms with Crippen LogP contribution in [-0.2, 0) is 0 Å². The molecule has 3 heteroatoms. The maximum atomic E-state index is 5.72. The Balaban J connectivity index is 1.22. The maximum absolute atomic E-state index is 5.72. The van der Waals surface area contributed by atoms with Crippen molar-refractivity contribution in [1.82, 2.24) is 10.2 Å². The second-order valence-electron chi connectivity index (χ2n) is 7.26. The van der Waals surface area contributed by atoms with Gasteiger partial charge in [-0.25, -0.2) is 0 Å². The van der Waals surface area contributed by atoms with Crippen molar-refractivity contribution in [1.29, 1.82) is 0 Å². The third-order valence-corrected chi connectivity index (χ3v) is 5.42. The number of ether oxygens (including phenoxy) is 1. The Bertz CT molecular complexity index is 423. The Labute approximate surface area is 141 Å². The molecule has 1 aliphatic carbocycles. The van der Waals surface area contributed by atoms with Crippen molar-refractivity contribution >= 4 is 0 Å². The van der Waals surface area contributed by atoms with E-state index in [1.165, 1.54) is 58.2 Å². The van der Waals surface area contributed by atoms with Crippen molar-refractivity contribution in [3.63, 3.8) is 0 Å². The van der Waals surface area contributed by atoms with Crippen molar-refractivity contribution in [2.75, 3.05) is 39.3 Å². The summed E-state index contributed by atoms with van der Waals surface area (Å²) in [6.45, 7) is 6.83. The Morgan fingerprint density at radius 2 is 1.70 bits per heavy atom. The average molecular weight is 316 g/mol. The predicted molar refractivity (Wildman–Crippen MR) is 95.9 cm³/mol. The van der Waals surface area contributed by atoms with E-state index in [0.717, 1.165) is 37.3 Å². The normalized spacial score (nSPS) is 20.9. The van der Waals surface area contributed by atoms with E-state index in [1.54, 1.807) is 0 Å². The van der Waals surface area contributed by atoms with Gasteiger partial charge in [0, 0.05) is 13.1 Å². The lowest BCUT2D eigenvalue weighted by atomic mass is 9.95. The van der Waals surface area contributed by atoms with Gasteiger partial charge in [-0.05, 0) is 69.3 Å². The summed E-state index contributed by atoms with van der Waals surface area (Å²) in [6.07, 6.45) is 8.61. The van der Waals surface area contributed by atoms with Gasteiger partial charge >= 0.3 is 0 Å². The summed E-state index contributed by atoms with van der Waals surface area (Å²) >= 11 is 0. The van der Waals surface area contributed by atoms with E-state index in [0.29, 0.717) is 0 Å². The van der Waals surface area contributed by atoms with Crippen LogP contribution < -0.4 is 10.1 Å². The Morgan fingerprint density at radius 1 is 0.957 bits per heavy atom. The number of rotatable bonds is 8. The number of benzene rings is 1. The Hall–Kier alpha value is -1.06. The SMILES string of the molecule is c1ccc(OCCNCC2CCN(CC3CCCC3)CC2)cc1. The Morgan fingerprint density at radius 3 is 2.43 bits per heavy atom. The zero-order valence-corrected chi connectivity index (χ0v) is 14.4. The molecular weight excluding hydrogens is 284 g/mol. The third kappa shape index (κ3) is 5.82. The zero-order valence-electron chi connectivity index (χ0n) is 14.4. The lowest BCUT2D eigenvalue weighted by Gasteiger charge is -2.33. The molecule has 3 rings (SSSR count). The molecule has 0 aromatic heterocycles. The highest BCUT2D eigenvalue weighted by Gasteiger charge is 2.23. The highest BCUT2D eigenvalue weighted by atomic mass is 16.5. The number of nitrogens with zero attached hydrogens (tertiary/aromatic N) is 1. The fourth-order valence-electron chi connectivity index (χ4n) is 4.00. The summed E-state index contributed by atoms with van der Waals surface area (Å²) in [5.74, 6) is 2.82. The summed E-state index contributed by atoms with van der Waals surface area (Å²) in [7, 11) is 0. The van der Waals surface area contributed by atoms with Gasteiger partial charge in [-0.1, -0.05) is 31.0 Å². The summed E-state index contributed by atoms with van der Waals surface area (Å²) in [6, 6.07) is 10.1. The smallest absolute Gasteiger partial charge is 0.119 e. The first-order valence-electron chi connectivity index (χ1n) is 9.51. The largest absolute Gasteiger partial charge is 0.492 e. The molecule has 0 spiro atoms. The van der Waals surface area contributed by atoms with Crippen LogP contribution >= 0.6 is 0 Å². The quantitative estimate of drug-likeness (QED) is 0.742. The van der Waals surface area contributed by atoms with Crippen molar-refractivity contribution in [2.24, 2.45) is 11.8 Å². The number of hydrogen-bond acceptors (Lipinski definition) is 3. The molecule has 23 heavy (non-hydrogen) atoms. The molecule has 1 N–H and O–H groups in total. The van der Waals surface area contributed by atoms with Crippen LogP contribution in [0.15, 0.2) is 30.3 Å². The summed E-state index contributed by atoms with van der Waals surface area (Å²) < 4.78 is 5.72. The minimum Gasteiger partial charge on any atom is -0.492 e. The van der Waals surface area contributed by atoms with Crippen LogP contribution in [0.2, 0.25) is 0 Å². The molecule has 0 unspecified atom stereocenters. The predicted octanol–water partition coefficient (Wildman–Crippen LogP) is 3.56. The molecule has 1 saturated carbocycles. The molecule has 1 aliphatic heterocycles. The molecule has 128 valence electrons. The van der Waals surface area contributed by atoms with Gasteiger partial charge < -0.3 is 15.0 Å². The van der Waals surface area contributed by atoms with Gasteiger partial charge in [0.15, 0.2) is 0 Å². The minimum absolute atomic E-state index is 0.755. The Kier molecular flexibility index (Phi) is 6.78. The second kappa shape index (κ2) is 9.29. The lowest BCUT2D eigenvalue weighted by Crippen LogP contribution is -2.39. The van der Waals surface area contributed by atoms with Gasteiger partial charge in [0.1, 0.15) is 12.4 Å². The first-order valence-corrected chi connectivity index (χ1v) is 9.51. The summed E-state index contributed by atoms with van der Waals surface area (Å²) in [5, 5.41) is 3.57. The van der Waals surface area contributed by atoms with E-state index in [4.69, 9.17) is 4.74 Å². The highest BCUT2D eigenvalue weighted by Crippen LogP contribution is 2.27. The topological polar surface area (TPSA) is 24.5 Å². The third-order valence-electron chi connectivity index (χ3n) is 5.42. The van der Waals surface area contributed by atoms with E-state index in [9.17, 15) is 0 Å². The molecule has 0 atom stereocenters. The zero-order chi connectivity index (χ0) is 15.7. The van der Waals surface area contributed by atoms with Gasteiger partial charge in [0.25, 0.3) is 0 Å². The molecule has 0 bridgehead atoms. The molecule has 1 saturated heterocycles. The highest BCUT2D eigenvalue weighted by molar-refractivity contribution is 5.20. The monoisotopic (exact) mass is 316 g/mol. The minimum atomic E-state index is 0.755. The second-order valence-corrected chi connectivity index (χ2v) is 7.26. The van der Waals surface area contributed by atoms with Crippen LogP contribution in [-0.4, -0.2) is 44.2 Å². The van der Waals surface area contributed by atoms with Crippen LogP contribution in [0.5, 0.6) is 5.75 Å². The fourth-order valence-corrected chi connectivity index (χ4v) is 4.00. The summed E-state index contributed by atoms with van der Waals surface area (Å²) in [5.41, 5.74) is 0. The summed E-state index contributed by atoms with van der Waals surface area (Å²) in [4.78, 5) is 2.71. The lowest BCUT2D eigenvalue weighted by molar-refractivity contribution is 0.159. The molecule has 1 aromatic carbocycles. The standard InChI is InChI=1S/C20H32N2O/c1-2-8-20(9-3-1)23-15-12-21-16-18-10-13-22(14-11-18)17-19-6-4-5-7-19/h1-3,8-9,18-19,21H,4-7,10-17H2. The average Bonchev–Trinajstić information content (AvgIpc) is 3.10.